The molecule has 1 aromatic rings. The van der Waals surface area contributed by atoms with E-state index in [-0.39, 0.29) is 6.61 Å². The number of phenols is 1. The molecule has 0 radical (unpaired) electrons. The molecule has 3 N–H and O–H groups in total. The van der Waals surface area contributed by atoms with Crippen LogP contribution in [0.15, 0.2) is 30.3 Å². The summed E-state index contributed by atoms with van der Waals surface area (Å²) >= 11 is 0. The summed E-state index contributed by atoms with van der Waals surface area (Å²) in [5, 5.41) is 8.63. The lowest BCUT2D eigenvalue weighted by Gasteiger charge is -2.02. The Bertz CT molecular complexity index is 322. The van der Waals surface area contributed by atoms with E-state index in [4.69, 9.17) is 14.9 Å². The van der Waals surface area contributed by atoms with Gasteiger partial charge in [0.1, 0.15) is 5.75 Å². The van der Waals surface area contributed by atoms with Crippen molar-refractivity contribution in [3.8, 4) is 5.75 Å². The van der Waals surface area contributed by atoms with Crippen molar-refractivity contribution in [3.63, 3.8) is 0 Å². The van der Waals surface area contributed by atoms with E-state index in [9.17, 15) is 4.57 Å². The smallest absolute Gasteiger partial charge is 0.469 e. The number of phosphoric acid groups is 1. The highest BCUT2D eigenvalue weighted by molar-refractivity contribution is 7.46. The third-order valence-corrected chi connectivity index (χ3v) is 2.28. The average molecular weight is 262 g/mol. The van der Waals surface area contributed by atoms with E-state index in [2.05, 4.69) is 4.52 Å². The third-order valence-electron chi connectivity index (χ3n) is 1.76. The topological polar surface area (TPSA) is 87.0 Å². The molecular weight excluding hydrogens is 243 g/mol. The Balaban J connectivity index is 0.000000318. The molecule has 1 aromatic carbocycles. The molecule has 0 heterocycles. The van der Waals surface area contributed by atoms with E-state index >= 15 is 0 Å². The first-order chi connectivity index (χ1) is 7.95. The Kier molecular flexibility index (Phi) is 8.72. The van der Waals surface area contributed by atoms with E-state index < -0.39 is 7.82 Å². The molecular formula is C11H19O5P. The average Bonchev–Trinajstić information content (AvgIpc) is 2.25. The number of phosphoric ester groups is 1. The SMILES string of the molecule is CCCCCOP(=O)(O)O.Oc1ccccc1. The number of hydrogen-bond acceptors (Lipinski definition) is 3. The minimum atomic E-state index is -4.21. The lowest BCUT2D eigenvalue weighted by atomic mass is 10.3. The van der Waals surface area contributed by atoms with Crippen LogP contribution in [0.25, 0.3) is 0 Å². The van der Waals surface area contributed by atoms with Gasteiger partial charge in [-0.2, -0.15) is 0 Å². The fourth-order valence-electron chi connectivity index (χ4n) is 0.964. The van der Waals surface area contributed by atoms with Crippen molar-refractivity contribution in [1.29, 1.82) is 0 Å². The van der Waals surface area contributed by atoms with Crippen LogP contribution < -0.4 is 0 Å². The number of para-hydroxylation sites is 1. The molecule has 0 fully saturated rings. The zero-order valence-corrected chi connectivity index (χ0v) is 10.7. The molecule has 0 aliphatic rings. The molecule has 5 nitrogen and oxygen atoms in total. The van der Waals surface area contributed by atoms with Crippen molar-refractivity contribution in [2.45, 2.75) is 26.2 Å². The first-order valence-corrected chi connectivity index (χ1v) is 6.93. The van der Waals surface area contributed by atoms with E-state index in [0.717, 1.165) is 12.8 Å². The van der Waals surface area contributed by atoms with Gasteiger partial charge in [0.15, 0.2) is 0 Å². The molecule has 0 aliphatic carbocycles. The van der Waals surface area contributed by atoms with Gasteiger partial charge < -0.3 is 14.9 Å². The molecule has 0 aliphatic heterocycles. The van der Waals surface area contributed by atoms with Crippen molar-refractivity contribution in [1.82, 2.24) is 0 Å². The zero-order chi connectivity index (χ0) is 13.1. The van der Waals surface area contributed by atoms with Crippen LogP contribution in [0.1, 0.15) is 26.2 Å². The van der Waals surface area contributed by atoms with Crippen molar-refractivity contribution in [2.24, 2.45) is 0 Å². The predicted octanol–water partition coefficient (Wildman–Crippen LogP) is 2.68. The monoisotopic (exact) mass is 262 g/mol. The van der Waals surface area contributed by atoms with Gasteiger partial charge in [-0.15, -0.1) is 0 Å². The maximum Gasteiger partial charge on any atom is 0.469 e. The van der Waals surface area contributed by atoms with Gasteiger partial charge in [0.2, 0.25) is 0 Å². The fourth-order valence-corrected chi connectivity index (χ4v) is 1.33. The second kappa shape index (κ2) is 9.19. The summed E-state index contributed by atoms with van der Waals surface area (Å²) in [7, 11) is -4.21. The normalized spacial score (nSPS) is 10.5. The summed E-state index contributed by atoms with van der Waals surface area (Å²) in [6.07, 6.45) is 2.67. The minimum absolute atomic E-state index is 0.151. The van der Waals surface area contributed by atoms with Crippen LogP contribution in [0, 0.1) is 0 Å². The van der Waals surface area contributed by atoms with E-state index in [1.807, 2.05) is 13.0 Å². The molecule has 0 atom stereocenters. The Morgan fingerprint density at radius 3 is 2.12 bits per heavy atom. The lowest BCUT2D eigenvalue weighted by molar-refractivity contribution is 0.193. The molecule has 0 bridgehead atoms. The molecule has 17 heavy (non-hydrogen) atoms. The molecule has 0 aromatic heterocycles. The van der Waals surface area contributed by atoms with Crippen LogP contribution in [0.5, 0.6) is 5.75 Å². The lowest BCUT2D eigenvalue weighted by Crippen LogP contribution is -1.91. The van der Waals surface area contributed by atoms with E-state index in [0.29, 0.717) is 12.2 Å². The first kappa shape index (κ1) is 16.1. The van der Waals surface area contributed by atoms with Crippen molar-refractivity contribution in [2.75, 3.05) is 6.61 Å². The minimum Gasteiger partial charge on any atom is -0.508 e. The van der Waals surface area contributed by atoms with Crippen molar-refractivity contribution >= 4 is 7.82 Å². The van der Waals surface area contributed by atoms with Gasteiger partial charge in [-0.25, -0.2) is 4.57 Å². The largest absolute Gasteiger partial charge is 0.508 e. The standard InChI is InChI=1S/C6H6O.C5H13O4P/c7-6-4-2-1-3-5-6;1-2-3-4-5-9-10(6,7)8/h1-5,7H;2-5H2,1H3,(H2,6,7,8). The van der Waals surface area contributed by atoms with Gasteiger partial charge in [0.25, 0.3) is 0 Å². The summed E-state index contributed by atoms with van der Waals surface area (Å²) in [5.74, 6) is 0.322. The van der Waals surface area contributed by atoms with E-state index in [1.165, 1.54) is 0 Å². The maximum absolute atomic E-state index is 10.1. The van der Waals surface area contributed by atoms with Gasteiger partial charge in [-0.1, -0.05) is 38.0 Å². The number of hydrogen-bond donors (Lipinski definition) is 3. The highest BCUT2D eigenvalue weighted by atomic mass is 31.2. The fraction of sp³-hybridized carbons (Fsp3) is 0.455. The summed E-state index contributed by atoms with van der Waals surface area (Å²) in [6, 6.07) is 8.71. The second-order valence-corrected chi connectivity index (χ2v) is 4.61. The quantitative estimate of drug-likeness (QED) is 0.561. The number of phenolic OH excluding ortho intramolecular Hbond substituents is 1. The Hall–Kier alpha value is -0.870. The first-order valence-electron chi connectivity index (χ1n) is 5.40. The molecule has 98 valence electrons. The summed E-state index contributed by atoms with van der Waals surface area (Å²) in [5.41, 5.74) is 0. The molecule has 6 heteroatoms. The van der Waals surface area contributed by atoms with Crippen molar-refractivity contribution < 1.29 is 24.0 Å². The number of unbranched alkanes of at least 4 members (excludes halogenated alkanes) is 2. The Labute approximate surface area is 101 Å². The van der Waals surface area contributed by atoms with Crippen LogP contribution in [0.4, 0.5) is 0 Å². The van der Waals surface area contributed by atoms with Crippen molar-refractivity contribution in [3.05, 3.63) is 30.3 Å². The molecule has 1 rings (SSSR count). The Morgan fingerprint density at radius 1 is 1.18 bits per heavy atom. The Morgan fingerprint density at radius 2 is 1.76 bits per heavy atom. The summed E-state index contributed by atoms with van der Waals surface area (Å²) < 4.78 is 14.3. The van der Waals surface area contributed by atoms with Crippen LogP contribution >= 0.6 is 7.82 Å². The van der Waals surface area contributed by atoms with Crippen LogP contribution in [0.2, 0.25) is 0 Å². The predicted molar refractivity (Wildman–Crippen MR) is 65.6 cm³/mol. The van der Waals surface area contributed by atoms with Gasteiger partial charge in [0.05, 0.1) is 6.61 Å². The molecule has 0 saturated carbocycles. The highest BCUT2D eigenvalue weighted by Crippen LogP contribution is 2.35. The maximum atomic E-state index is 10.1. The van der Waals surface area contributed by atoms with Gasteiger partial charge in [-0.3, -0.25) is 4.52 Å². The van der Waals surface area contributed by atoms with E-state index in [1.54, 1.807) is 24.3 Å². The van der Waals surface area contributed by atoms with Crippen LogP contribution in [-0.2, 0) is 9.09 Å². The summed E-state index contributed by atoms with van der Waals surface area (Å²) in [6.45, 7) is 2.16. The molecule has 0 spiro atoms. The highest BCUT2D eigenvalue weighted by Gasteiger charge is 2.11. The van der Waals surface area contributed by atoms with Gasteiger partial charge in [-0.05, 0) is 18.6 Å². The number of aromatic hydroxyl groups is 1. The third kappa shape index (κ3) is 13.1. The van der Waals surface area contributed by atoms with Crippen LogP contribution in [-0.4, -0.2) is 21.5 Å². The summed E-state index contributed by atoms with van der Waals surface area (Å²) in [4.78, 5) is 16.4. The van der Waals surface area contributed by atoms with Crippen LogP contribution in [0.3, 0.4) is 0 Å². The molecule has 0 amide bonds. The number of benzene rings is 1. The molecule has 0 unspecified atom stereocenters. The zero-order valence-electron chi connectivity index (χ0n) is 9.82. The molecule has 0 saturated heterocycles. The van der Waals surface area contributed by atoms with Gasteiger partial charge in [0, 0.05) is 0 Å². The second-order valence-electron chi connectivity index (χ2n) is 3.37. The number of rotatable bonds is 5. The van der Waals surface area contributed by atoms with Gasteiger partial charge >= 0.3 is 7.82 Å².